The Bertz CT molecular complexity index is 577. The van der Waals surface area contributed by atoms with Gasteiger partial charge in [-0.25, -0.2) is 0 Å². The molecular weight excluding hydrogens is 344 g/mol. The van der Waals surface area contributed by atoms with Gasteiger partial charge in [0.1, 0.15) is 0 Å². The summed E-state index contributed by atoms with van der Waals surface area (Å²) in [5, 5.41) is 0. The second-order valence-corrected chi connectivity index (χ2v) is 8.65. The third-order valence-corrected chi connectivity index (χ3v) is 5.39. The number of unbranched alkanes of at least 4 members (excludes halogenated alkanes) is 1. The predicted molar refractivity (Wildman–Crippen MR) is 105 cm³/mol. The van der Waals surface area contributed by atoms with Crippen LogP contribution in [0.2, 0.25) is 0 Å². The molecule has 0 saturated carbocycles. The molecule has 6 nitrogen and oxygen atoms in total. The van der Waals surface area contributed by atoms with Crippen molar-refractivity contribution in [3.8, 4) is 0 Å². The number of imide groups is 2. The predicted octanol–water partition coefficient (Wildman–Crippen LogP) is 3.25. The lowest BCUT2D eigenvalue weighted by molar-refractivity contribution is -0.142. The molecule has 2 aliphatic heterocycles. The van der Waals surface area contributed by atoms with E-state index in [9.17, 15) is 19.2 Å². The molecule has 2 rings (SSSR count). The maximum Gasteiger partial charge on any atom is 0.233 e. The van der Waals surface area contributed by atoms with Gasteiger partial charge in [0.15, 0.2) is 0 Å². The van der Waals surface area contributed by atoms with E-state index in [4.69, 9.17) is 0 Å². The summed E-state index contributed by atoms with van der Waals surface area (Å²) in [4.78, 5) is 51.5. The van der Waals surface area contributed by atoms with Crippen LogP contribution in [0.15, 0.2) is 0 Å². The van der Waals surface area contributed by atoms with E-state index >= 15 is 0 Å². The molecule has 2 atom stereocenters. The molecule has 0 bridgehead atoms. The third kappa shape index (κ3) is 5.39. The molecule has 27 heavy (non-hydrogen) atoms. The lowest BCUT2D eigenvalue weighted by atomic mass is 9.80. The number of hydrogen-bond donors (Lipinski definition) is 0. The number of rotatable bonds is 6. The molecule has 2 aliphatic rings. The van der Waals surface area contributed by atoms with Gasteiger partial charge in [0, 0.05) is 31.8 Å². The molecule has 6 heteroatoms. The number of nitrogens with zero attached hydrogens (tertiary/aromatic N) is 2. The lowest BCUT2D eigenvalue weighted by Gasteiger charge is -2.25. The second-order valence-electron chi connectivity index (χ2n) is 8.65. The zero-order valence-electron chi connectivity index (χ0n) is 18.0. The summed E-state index contributed by atoms with van der Waals surface area (Å²) in [6, 6.07) is 0. The van der Waals surface area contributed by atoms with Crippen LogP contribution in [0.1, 0.15) is 74.1 Å². The van der Waals surface area contributed by atoms with Gasteiger partial charge in [-0.2, -0.15) is 0 Å². The summed E-state index contributed by atoms with van der Waals surface area (Å²) in [6.45, 7) is 14.6. The second kappa shape index (κ2) is 9.47. The first-order valence-electron chi connectivity index (χ1n) is 10.2. The Labute approximate surface area is 163 Å². The fourth-order valence-electron chi connectivity index (χ4n) is 3.60. The highest BCUT2D eigenvalue weighted by molar-refractivity contribution is 6.04. The zero-order valence-corrected chi connectivity index (χ0v) is 18.0. The van der Waals surface area contributed by atoms with Crippen molar-refractivity contribution in [3.63, 3.8) is 0 Å². The van der Waals surface area contributed by atoms with E-state index in [2.05, 4.69) is 0 Å². The SMILES string of the molecule is CC.CC(C)C1CC(=O)N(CCCCN2C(=O)CC(C(C)(C)C)C2=O)C1=O. The monoisotopic (exact) mass is 380 g/mol. The standard InChI is InChI=1S/C19H30N2O4.C2H6/c1-12(2)13-10-15(22)20(17(13)24)8-6-7-9-21-16(23)11-14(18(21)25)19(3,4)5;1-2/h12-14H,6-11H2,1-5H3;1-2H3. The molecular formula is C21H36N2O4. The molecule has 0 aliphatic carbocycles. The van der Waals surface area contributed by atoms with Crippen molar-refractivity contribution in [2.75, 3.05) is 13.1 Å². The summed E-state index contributed by atoms with van der Waals surface area (Å²) in [6.07, 6.45) is 1.80. The van der Waals surface area contributed by atoms with Crippen molar-refractivity contribution < 1.29 is 19.2 Å². The van der Waals surface area contributed by atoms with Gasteiger partial charge in [-0.05, 0) is 24.2 Å². The quantitative estimate of drug-likeness (QED) is 0.524. The minimum atomic E-state index is -0.256. The summed E-state index contributed by atoms with van der Waals surface area (Å²) in [5.41, 5.74) is -0.220. The number of carbonyl (C=O) groups is 4. The van der Waals surface area contributed by atoms with Crippen molar-refractivity contribution >= 4 is 23.6 Å². The Balaban J connectivity index is 0.00000176. The van der Waals surface area contributed by atoms with Crippen LogP contribution in [0.3, 0.4) is 0 Å². The average Bonchev–Trinajstić information content (AvgIpc) is 3.03. The fraction of sp³-hybridized carbons (Fsp3) is 0.810. The van der Waals surface area contributed by atoms with Crippen LogP contribution in [0.25, 0.3) is 0 Å². The highest BCUT2D eigenvalue weighted by atomic mass is 16.2. The van der Waals surface area contributed by atoms with Crippen molar-refractivity contribution in [1.29, 1.82) is 0 Å². The first-order chi connectivity index (χ1) is 12.5. The first-order valence-corrected chi connectivity index (χ1v) is 10.2. The molecule has 154 valence electrons. The molecule has 0 N–H and O–H groups in total. The lowest BCUT2D eigenvalue weighted by Crippen LogP contribution is -2.36. The largest absolute Gasteiger partial charge is 0.282 e. The maximum atomic E-state index is 12.4. The van der Waals surface area contributed by atoms with Gasteiger partial charge in [-0.15, -0.1) is 0 Å². The van der Waals surface area contributed by atoms with E-state index < -0.39 is 0 Å². The van der Waals surface area contributed by atoms with Crippen LogP contribution in [0.4, 0.5) is 0 Å². The molecule has 0 spiro atoms. The average molecular weight is 381 g/mol. The van der Waals surface area contributed by atoms with Gasteiger partial charge in [0.25, 0.3) is 0 Å². The van der Waals surface area contributed by atoms with Gasteiger partial charge in [0.2, 0.25) is 23.6 Å². The van der Waals surface area contributed by atoms with Crippen molar-refractivity contribution in [2.24, 2.45) is 23.2 Å². The molecule has 2 fully saturated rings. The molecule has 2 heterocycles. The van der Waals surface area contributed by atoms with E-state index in [1.54, 1.807) is 0 Å². The Hall–Kier alpha value is -1.72. The Morgan fingerprint density at radius 1 is 0.852 bits per heavy atom. The topological polar surface area (TPSA) is 74.8 Å². The van der Waals surface area contributed by atoms with Crippen LogP contribution in [0, 0.1) is 23.2 Å². The van der Waals surface area contributed by atoms with Crippen LogP contribution in [-0.4, -0.2) is 46.5 Å². The number of carbonyl (C=O) groups excluding carboxylic acids is 4. The molecule has 0 aromatic carbocycles. The Morgan fingerprint density at radius 2 is 1.30 bits per heavy atom. The molecule has 0 radical (unpaired) electrons. The Morgan fingerprint density at radius 3 is 1.67 bits per heavy atom. The van der Waals surface area contributed by atoms with Gasteiger partial charge in [0.05, 0.1) is 5.92 Å². The van der Waals surface area contributed by atoms with Crippen LogP contribution in [0.5, 0.6) is 0 Å². The van der Waals surface area contributed by atoms with Gasteiger partial charge >= 0.3 is 0 Å². The number of hydrogen-bond acceptors (Lipinski definition) is 4. The molecule has 2 saturated heterocycles. The summed E-state index contributed by atoms with van der Waals surface area (Å²) < 4.78 is 0. The highest BCUT2D eigenvalue weighted by Gasteiger charge is 2.44. The smallest absolute Gasteiger partial charge is 0.233 e. The Kier molecular flexibility index (Phi) is 8.18. The normalized spacial score (nSPS) is 23.4. The summed E-state index contributed by atoms with van der Waals surface area (Å²) in [7, 11) is 0. The molecule has 4 amide bonds. The van der Waals surface area contributed by atoms with Crippen molar-refractivity contribution in [3.05, 3.63) is 0 Å². The van der Waals surface area contributed by atoms with Crippen molar-refractivity contribution in [1.82, 2.24) is 9.80 Å². The molecule has 0 aromatic heterocycles. The molecule has 2 unspecified atom stereocenters. The first kappa shape index (κ1) is 23.3. The summed E-state index contributed by atoms with van der Waals surface area (Å²) in [5.74, 6) is -0.694. The fourth-order valence-corrected chi connectivity index (χ4v) is 3.60. The van der Waals surface area contributed by atoms with E-state index in [0.717, 1.165) is 0 Å². The van der Waals surface area contributed by atoms with Crippen LogP contribution < -0.4 is 0 Å². The van der Waals surface area contributed by atoms with E-state index in [1.807, 2.05) is 48.5 Å². The highest BCUT2D eigenvalue weighted by Crippen LogP contribution is 2.35. The van der Waals surface area contributed by atoms with E-state index in [1.165, 1.54) is 9.80 Å². The molecule has 0 aromatic rings. The van der Waals surface area contributed by atoms with E-state index in [0.29, 0.717) is 32.4 Å². The van der Waals surface area contributed by atoms with Gasteiger partial charge in [-0.3, -0.25) is 29.0 Å². The summed E-state index contributed by atoms with van der Waals surface area (Å²) >= 11 is 0. The van der Waals surface area contributed by atoms with E-state index in [-0.39, 0.29) is 53.2 Å². The van der Waals surface area contributed by atoms with Gasteiger partial charge in [-0.1, -0.05) is 48.5 Å². The third-order valence-electron chi connectivity index (χ3n) is 5.39. The zero-order chi connectivity index (χ0) is 20.9. The van der Waals surface area contributed by atoms with Crippen LogP contribution in [-0.2, 0) is 19.2 Å². The maximum absolute atomic E-state index is 12.4. The minimum absolute atomic E-state index is 0.0823. The number of likely N-dealkylation sites (tertiary alicyclic amines) is 2. The van der Waals surface area contributed by atoms with Crippen molar-refractivity contribution in [2.45, 2.75) is 74.1 Å². The minimum Gasteiger partial charge on any atom is -0.282 e. The van der Waals surface area contributed by atoms with Gasteiger partial charge < -0.3 is 0 Å². The number of amides is 4. The van der Waals surface area contributed by atoms with Crippen LogP contribution >= 0.6 is 0 Å².